The van der Waals surface area contributed by atoms with Gasteiger partial charge in [-0.2, -0.15) is 0 Å². The van der Waals surface area contributed by atoms with Crippen LogP contribution in [0.4, 0.5) is 8.78 Å². The Balaban J connectivity index is 2.50. The van der Waals surface area contributed by atoms with Gasteiger partial charge in [0.1, 0.15) is 5.41 Å². The summed E-state index contributed by atoms with van der Waals surface area (Å²) in [5.74, 6) is -4.55. The van der Waals surface area contributed by atoms with Crippen LogP contribution in [0, 0.1) is 5.41 Å². The molecule has 1 atom stereocenters. The van der Waals surface area contributed by atoms with Crippen LogP contribution in [-0.4, -0.2) is 17.0 Å². The van der Waals surface area contributed by atoms with Crippen LogP contribution in [0.3, 0.4) is 0 Å². The molecule has 1 unspecified atom stereocenters. The van der Waals surface area contributed by atoms with Crippen molar-refractivity contribution in [3.63, 3.8) is 0 Å². The molecule has 0 saturated heterocycles. The van der Waals surface area contributed by atoms with Gasteiger partial charge in [0.25, 0.3) is 5.92 Å². The predicted octanol–water partition coefficient (Wildman–Crippen LogP) is 3.07. The second-order valence-corrected chi connectivity index (χ2v) is 5.08. The van der Waals surface area contributed by atoms with E-state index in [2.05, 4.69) is 0 Å². The third kappa shape index (κ3) is 1.39. The van der Waals surface area contributed by atoms with Crippen molar-refractivity contribution in [1.82, 2.24) is 0 Å². The smallest absolute Gasteiger partial charge is 0.316 e. The quantitative estimate of drug-likeness (QED) is 0.881. The van der Waals surface area contributed by atoms with Crippen LogP contribution >= 0.6 is 0 Å². The molecule has 1 aromatic carbocycles. The highest BCUT2D eigenvalue weighted by atomic mass is 19.3. The molecule has 2 nitrogen and oxygen atoms in total. The Morgan fingerprint density at radius 1 is 1.29 bits per heavy atom. The van der Waals surface area contributed by atoms with E-state index in [1.54, 1.807) is 44.2 Å². The summed E-state index contributed by atoms with van der Waals surface area (Å²) in [7, 11) is 0. The van der Waals surface area contributed by atoms with Crippen molar-refractivity contribution in [3.8, 4) is 0 Å². The molecule has 0 aliphatic heterocycles. The maximum absolute atomic E-state index is 13.5. The Hall–Kier alpha value is -1.45. The summed E-state index contributed by atoms with van der Waals surface area (Å²) in [6.45, 7) is 3.13. The predicted molar refractivity (Wildman–Crippen MR) is 59.1 cm³/mol. The summed E-state index contributed by atoms with van der Waals surface area (Å²) < 4.78 is 27.0. The lowest BCUT2D eigenvalue weighted by Crippen LogP contribution is -2.41. The average Bonchev–Trinajstić information content (AvgIpc) is 2.85. The van der Waals surface area contributed by atoms with E-state index in [0.29, 0.717) is 5.56 Å². The molecule has 0 aromatic heterocycles. The minimum atomic E-state index is -3.13. The van der Waals surface area contributed by atoms with Crippen molar-refractivity contribution < 1.29 is 18.7 Å². The van der Waals surface area contributed by atoms with Gasteiger partial charge in [0.05, 0.1) is 0 Å². The van der Waals surface area contributed by atoms with E-state index in [9.17, 15) is 13.6 Å². The third-order valence-corrected chi connectivity index (χ3v) is 3.91. The van der Waals surface area contributed by atoms with Gasteiger partial charge in [-0.25, -0.2) is 8.78 Å². The van der Waals surface area contributed by atoms with E-state index in [-0.39, 0.29) is 0 Å². The first-order chi connectivity index (χ1) is 7.76. The average molecular weight is 240 g/mol. The number of alkyl halides is 2. The second kappa shape index (κ2) is 3.28. The molecule has 1 aromatic rings. The highest BCUT2D eigenvalue weighted by molar-refractivity contribution is 5.83. The molecule has 1 saturated carbocycles. The molecular formula is C13H14F2O2. The van der Waals surface area contributed by atoms with E-state index in [0.717, 1.165) is 0 Å². The number of benzene rings is 1. The summed E-state index contributed by atoms with van der Waals surface area (Å²) in [5.41, 5.74) is -2.44. The van der Waals surface area contributed by atoms with E-state index < -0.39 is 29.1 Å². The number of halogens is 2. The molecule has 92 valence electrons. The first-order valence-electron chi connectivity index (χ1n) is 5.42. The summed E-state index contributed by atoms with van der Waals surface area (Å²) in [4.78, 5) is 11.2. The zero-order valence-electron chi connectivity index (χ0n) is 9.71. The maximum atomic E-state index is 13.5. The van der Waals surface area contributed by atoms with Gasteiger partial charge in [0, 0.05) is 11.8 Å². The van der Waals surface area contributed by atoms with Gasteiger partial charge < -0.3 is 5.11 Å². The van der Waals surface area contributed by atoms with Gasteiger partial charge in [-0.1, -0.05) is 44.2 Å². The fourth-order valence-corrected chi connectivity index (χ4v) is 2.57. The summed E-state index contributed by atoms with van der Waals surface area (Å²) in [5, 5.41) is 9.16. The minimum absolute atomic E-state index is 0.586. The lowest BCUT2D eigenvalue weighted by atomic mass is 9.70. The van der Waals surface area contributed by atoms with Gasteiger partial charge in [0.15, 0.2) is 0 Å². The van der Waals surface area contributed by atoms with Crippen LogP contribution in [0.15, 0.2) is 30.3 Å². The molecular weight excluding hydrogens is 226 g/mol. The van der Waals surface area contributed by atoms with Crippen LogP contribution in [0.2, 0.25) is 0 Å². The van der Waals surface area contributed by atoms with Crippen molar-refractivity contribution in [2.24, 2.45) is 5.41 Å². The Morgan fingerprint density at radius 3 is 2.12 bits per heavy atom. The Labute approximate surface area is 98.3 Å². The summed E-state index contributed by atoms with van der Waals surface area (Å²) in [6.07, 6.45) is -0.586. The number of aliphatic carboxylic acids is 1. The number of rotatable bonds is 3. The molecule has 0 radical (unpaired) electrons. The van der Waals surface area contributed by atoms with Gasteiger partial charge in [-0.3, -0.25) is 4.79 Å². The van der Waals surface area contributed by atoms with Crippen LogP contribution in [-0.2, 0) is 10.2 Å². The maximum Gasteiger partial charge on any atom is 0.316 e. The number of carboxylic acids is 1. The highest BCUT2D eigenvalue weighted by Crippen LogP contribution is 2.69. The fraction of sp³-hybridized carbons (Fsp3) is 0.462. The molecule has 1 aliphatic carbocycles. The number of hydrogen-bond donors (Lipinski definition) is 1. The number of carboxylic acid groups (broad SMARTS) is 1. The van der Waals surface area contributed by atoms with Crippen LogP contribution in [0.5, 0.6) is 0 Å². The summed E-state index contributed by atoms with van der Waals surface area (Å²) in [6, 6.07) is 8.62. The molecule has 0 bridgehead atoms. The van der Waals surface area contributed by atoms with Crippen LogP contribution in [0.25, 0.3) is 0 Å². The van der Waals surface area contributed by atoms with Crippen LogP contribution in [0.1, 0.15) is 25.8 Å². The van der Waals surface area contributed by atoms with E-state index in [1.165, 1.54) is 0 Å². The largest absolute Gasteiger partial charge is 0.481 e. The zero-order chi connectivity index (χ0) is 12.9. The third-order valence-electron chi connectivity index (χ3n) is 3.91. The SMILES string of the molecule is CC(C)(c1ccccc1)C1(C(=O)O)CC1(F)F. The number of carbonyl (C=O) groups is 1. The van der Waals surface area contributed by atoms with Gasteiger partial charge >= 0.3 is 5.97 Å². The van der Waals surface area contributed by atoms with Gasteiger partial charge in [0.2, 0.25) is 0 Å². The zero-order valence-corrected chi connectivity index (χ0v) is 9.71. The Kier molecular flexibility index (Phi) is 2.32. The van der Waals surface area contributed by atoms with E-state index in [1.807, 2.05) is 0 Å². The first kappa shape index (κ1) is 12.0. The standard InChI is InChI=1S/C13H14F2O2/c1-11(2,9-6-4-3-5-7-9)12(10(16)17)8-13(12,14)15/h3-7H,8H2,1-2H3,(H,16,17). The Morgan fingerprint density at radius 2 is 1.76 bits per heavy atom. The fourth-order valence-electron chi connectivity index (χ4n) is 2.57. The van der Waals surface area contributed by atoms with Crippen LogP contribution < -0.4 is 0 Å². The molecule has 1 aliphatic rings. The Bertz CT molecular complexity index is 454. The van der Waals surface area contributed by atoms with Crippen molar-refractivity contribution >= 4 is 5.97 Å². The topological polar surface area (TPSA) is 37.3 Å². The van der Waals surface area contributed by atoms with Crippen molar-refractivity contribution in [2.75, 3.05) is 0 Å². The minimum Gasteiger partial charge on any atom is -0.481 e. The van der Waals surface area contributed by atoms with E-state index >= 15 is 0 Å². The molecule has 2 rings (SSSR count). The van der Waals surface area contributed by atoms with Crippen molar-refractivity contribution in [1.29, 1.82) is 0 Å². The normalized spacial score (nSPS) is 26.6. The molecule has 1 N–H and O–H groups in total. The number of hydrogen-bond acceptors (Lipinski definition) is 1. The lowest BCUT2D eigenvalue weighted by Gasteiger charge is -2.32. The van der Waals surface area contributed by atoms with E-state index in [4.69, 9.17) is 5.11 Å². The molecule has 4 heteroatoms. The monoisotopic (exact) mass is 240 g/mol. The molecule has 0 amide bonds. The molecule has 0 heterocycles. The van der Waals surface area contributed by atoms with Gasteiger partial charge in [-0.05, 0) is 5.56 Å². The molecule has 17 heavy (non-hydrogen) atoms. The van der Waals surface area contributed by atoms with Gasteiger partial charge in [-0.15, -0.1) is 0 Å². The summed E-state index contributed by atoms with van der Waals surface area (Å²) >= 11 is 0. The lowest BCUT2D eigenvalue weighted by molar-refractivity contribution is -0.151. The van der Waals surface area contributed by atoms with Crippen molar-refractivity contribution in [2.45, 2.75) is 31.6 Å². The molecule has 0 spiro atoms. The second-order valence-electron chi connectivity index (χ2n) is 5.08. The highest BCUT2D eigenvalue weighted by Gasteiger charge is 2.82. The van der Waals surface area contributed by atoms with Crippen molar-refractivity contribution in [3.05, 3.63) is 35.9 Å². The molecule has 1 fully saturated rings. The first-order valence-corrected chi connectivity index (χ1v) is 5.42.